The molecule has 1 heteroatoms. The van der Waals surface area contributed by atoms with Crippen molar-refractivity contribution in [3.63, 3.8) is 0 Å². The van der Waals surface area contributed by atoms with E-state index in [1.807, 2.05) is 0 Å². The molecule has 0 bridgehead atoms. The van der Waals surface area contributed by atoms with Gasteiger partial charge in [-0.25, -0.2) is 0 Å². The van der Waals surface area contributed by atoms with Crippen LogP contribution in [0.25, 0.3) is 0 Å². The van der Waals surface area contributed by atoms with Crippen LogP contribution in [0.2, 0.25) is 0 Å². The van der Waals surface area contributed by atoms with Crippen LogP contribution in [-0.2, 0) is 0 Å². The fourth-order valence-electron chi connectivity index (χ4n) is 2.84. The Balaban J connectivity index is 2.27. The van der Waals surface area contributed by atoms with Crippen molar-refractivity contribution in [2.45, 2.75) is 78.7 Å². The van der Waals surface area contributed by atoms with Gasteiger partial charge in [0.2, 0.25) is 0 Å². The second kappa shape index (κ2) is 6.64. The van der Waals surface area contributed by atoms with Gasteiger partial charge in [0.05, 0.1) is 0 Å². The molecule has 0 saturated heterocycles. The van der Waals surface area contributed by atoms with Crippen molar-refractivity contribution in [1.29, 1.82) is 0 Å². The lowest BCUT2D eigenvalue weighted by Crippen LogP contribution is -2.37. The van der Waals surface area contributed by atoms with Crippen LogP contribution in [0.5, 0.6) is 0 Å². The Morgan fingerprint density at radius 1 is 1.12 bits per heavy atom. The maximum Gasteiger partial charge on any atom is 0.00672 e. The Labute approximate surface area is 102 Å². The summed E-state index contributed by atoms with van der Waals surface area (Å²) in [7, 11) is 0. The van der Waals surface area contributed by atoms with Gasteiger partial charge in [-0.3, -0.25) is 0 Å². The standard InChI is InChI=1S/C15H31N/c1-5-13(3)11-14(6-2)16-12-15(4)9-7-8-10-15/h13-14,16H,5-12H2,1-4H3. The number of nitrogens with one attached hydrogen (secondary N) is 1. The lowest BCUT2D eigenvalue weighted by Gasteiger charge is -2.28. The zero-order chi connectivity index (χ0) is 12.0. The fourth-order valence-corrected chi connectivity index (χ4v) is 2.84. The molecular formula is C15H31N. The quantitative estimate of drug-likeness (QED) is 0.678. The van der Waals surface area contributed by atoms with Crippen molar-refractivity contribution in [2.24, 2.45) is 11.3 Å². The maximum absolute atomic E-state index is 3.82. The van der Waals surface area contributed by atoms with Gasteiger partial charge < -0.3 is 5.32 Å². The van der Waals surface area contributed by atoms with Crippen molar-refractivity contribution in [1.82, 2.24) is 5.32 Å². The zero-order valence-electron chi connectivity index (χ0n) is 11.8. The highest BCUT2D eigenvalue weighted by atomic mass is 14.9. The van der Waals surface area contributed by atoms with Crippen molar-refractivity contribution in [2.75, 3.05) is 6.54 Å². The van der Waals surface area contributed by atoms with E-state index in [0.29, 0.717) is 5.41 Å². The third-order valence-electron chi connectivity index (χ3n) is 4.50. The third-order valence-corrected chi connectivity index (χ3v) is 4.50. The first kappa shape index (κ1) is 14.0. The van der Waals surface area contributed by atoms with Gasteiger partial charge in [0.15, 0.2) is 0 Å². The summed E-state index contributed by atoms with van der Waals surface area (Å²) in [6.07, 6.45) is 9.69. The highest BCUT2D eigenvalue weighted by Gasteiger charge is 2.28. The van der Waals surface area contributed by atoms with Crippen molar-refractivity contribution in [3.05, 3.63) is 0 Å². The van der Waals surface area contributed by atoms with Crippen molar-refractivity contribution in [3.8, 4) is 0 Å². The van der Waals surface area contributed by atoms with E-state index in [-0.39, 0.29) is 0 Å². The van der Waals surface area contributed by atoms with E-state index in [1.165, 1.54) is 51.5 Å². The minimum absolute atomic E-state index is 0.600. The van der Waals surface area contributed by atoms with Gasteiger partial charge in [0.25, 0.3) is 0 Å². The number of hydrogen-bond acceptors (Lipinski definition) is 1. The molecule has 1 saturated carbocycles. The Bertz CT molecular complexity index is 182. The molecular weight excluding hydrogens is 194 g/mol. The first-order chi connectivity index (χ1) is 7.59. The van der Waals surface area contributed by atoms with Crippen LogP contribution in [-0.4, -0.2) is 12.6 Å². The minimum atomic E-state index is 0.600. The molecule has 0 aliphatic heterocycles. The summed E-state index contributed by atoms with van der Waals surface area (Å²) in [5, 5.41) is 3.82. The van der Waals surface area contributed by atoms with Crippen LogP contribution in [0.1, 0.15) is 72.6 Å². The average molecular weight is 225 g/mol. The van der Waals surface area contributed by atoms with Crippen LogP contribution in [0, 0.1) is 11.3 Å². The van der Waals surface area contributed by atoms with E-state index in [9.17, 15) is 0 Å². The smallest absolute Gasteiger partial charge is 0.00672 e. The molecule has 0 heterocycles. The second-order valence-electron chi connectivity index (χ2n) is 6.25. The lowest BCUT2D eigenvalue weighted by molar-refractivity contribution is 0.278. The predicted molar refractivity (Wildman–Crippen MR) is 72.7 cm³/mol. The van der Waals surface area contributed by atoms with E-state index in [4.69, 9.17) is 0 Å². The Morgan fingerprint density at radius 2 is 1.75 bits per heavy atom. The van der Waals surface area contributed by atoms with Crippen LogP contribution >= 0.6 is 0 Å². The molecule has 1 N–H and O–H groups in total. The van der Waals surface area contributed by atoms with Crippen LogP contribution in [0.3, 0.4) is 0 Å². The predicted octanol–water partition coefficient (Wildman–Crippen LogP) is 4.37. The molecule has 0 spiro atoms. The summed E-state index contributed by atoms with van der Waals surface area (Å²) in [5.41, 5.74) is 0.600. The first-order valence-electron chi connectivity index (χ1n) is 7.33. The second-order valence-corrected chi connectivity index (χ2v) is 6.25. The monoisotopic (exact) mass is 225 g/mol. The SMILES string of the molecule is CCC(C)CC(CC)NCC1(C)CCCC1. The van der Waals surface area contributed by atoms with E-state index in [0.717, 1.165) is 12.0 Å². The van der Waals surface area contributed by atoms with Gasteiger partial charge in [-0.2, -0.15) is 0 Å². The van der Waals surface area contributed by atoms with Crippen LogP contribution in [0.4, 0.5) is 0 Å². The van der Waals surface area contributed by atoms with E-state index < -0.39 is 0 Å². The highest BCUT2D eigenvalue weighted by Crippen LogP contribution is 2.36. The fraction of sp³-hybridized carbons (Fsp3) is 1.00. The van der Waals surface area contributed by atoms with Gasteiger partial charge in [-0.1, -0.05) is 47.0 Å². The Hall–Kier alpha value is -0.0400. The topological polar surface area (TPSA) is 12.0 Å². The van der Waals surface area contributed by atoms with Crippen LogP contribution < -0.4 is 5.32 Å². The van der Waals surface area contributed by atoms with Crippen molar-refractivity contribution >= 4 is 0 Å². The summed E-state index contributed by atoms with van der Waals surface area (Å²) in [6.45, 7) is 10.7. The Morgan fingerprint density at radius 3 is 2.25 bits per heavy atom. The van der Waals surface area contributed by atoms with Gasteiger partial charge in [-0.15, -0.1) is 0 Å². The number of hydrogen-bond donors (Lipinski definition) is 1. The molecule has 0 aromatic carbocycles. The van der Waals surface area contributed by atoms with Gasteiger partial charge >= 0.3 is 0 Å². The normalized spacial score (nSPS) is 23.2. The molecule has 0 aromatic heterocycles. The minimum Gasteiger partial charge on any atom is -0.313 e. The molecule has 16 heavy (non-hydrogen) atoms. The molecule has 96 valence electrons. The van der Waals surface area contributed by atoms with E-state index in [2.05, 4.69) is 33.0 Å². The summed E-state index contributed by atoms with van der Waals surface area (Å²) in [4.78, 5) is 0. The van der Waals surface area contributed by atoms with Gasteiger partial charge in [-0.05, 0) is 37.0 Å². The molecule has 0 radical (unpaired) electrons. The highest BCUT2D eigenvalue weighted by molar-refractivity contribution is 4.84. The molecule has 0 amide bonds. The first-order valence-corrected chi connectivity index (χ1v) is 7.33. The molecule has 1 fully saturated rings. The lowest BCUT2D eigenvalue weighted by atomic mass is 9.88. The summed E-state index contributed by atoms with van der Waals surface area (Å²) in [5.74, 6) is 0.869. The molecule has 1 rings (SSSR count). The molecule has 0 aromatic rings. The molecule has 1 aliphatic carbocycles. The molecule has 1 aliphatic rings. The maximum atomic E-state index is 3.82. The summed E-state index contributed by atoms with van der Waals surface area (Å²) >= 11 is 0. The molecule has 1 nitrogen and oxygen atoms in total. The third kappa shape index (κ3) is 4.45. The van der Waals surface area contributed by atoms with E-state index >= 15 is 0 Å². The van der Waals surface area contributed by atoms with E-state index in [1.54, 1.807) is 0 Å². The summed E-state index contributed by atoms with van der Waals surface area (Å²) < 4.78 is 0. The average Bonchev–Trinajstić information content (AvgIpc) is 2.71. The summed E-state index contributed by atoms with van der Waals surface area (Å²) in [6, 6.07) is 0.743. The van der Waals surface area contributed by atoms with Gasteiger partial charge in [0, 0.05) is 12.6 Å². The van der Waals surface area contributed by atoms with Gasteiger partial charge in [0.1, 0.15) is 0 Å². The zero-order valence-corrected chi connectivity index (χ0v) is 11.8. The molecule has 2 atom stereocenters. The Kier molecular flexibility index (Phi) is 5.82. The number of rotatable bonds is 7. The van der Waals surface area contributed by atoms with Crippen LogP contribution in [0.15, 0.2) is 0 Å². The molecule has 2 unspecified atom stereocenters. The van der Waals surface area contributed by atoms with Crippen molar-refractivity contribution < 1.29 is 0 Å². The largest absolute Gasteiger partial charge is 0.313 e.